The molecular weight excluding hydrogens is 248 g/mol. The maximum atomic E-state index is 9.63. The zero-order valence-electron chi connectivity index (χ0n) is 10.8. The van der Waals surface area contributed by atoms with E-state index in [1.54, 1.807) is 0 Å². The molecule has 1 heterocycles. The Kier molecular flexibility index (Phi) is 3.62. The Morgan fingerprint density at radius 2 is 1.84 bits per heavy atom. The average molecular weight is 264 g/mol. The number of aryl methyl sites for hydroxylation is 2. The highest BCUT2D eigenvalue weighted by molar-refractivity contribution is 5.52. The fraction of sp³-hybridized carbons (Fsp3) is 0.308. The van der Waals surface area contributed by atoms with Crippen molar-refractivity contribution in [2.75, 3.05) is 0 Å². The maximum Gasteiger partial charge on any atom is 0.208 e. The number of aromatic nitrogens is 1. The van der Waals surface area contributed by atoms with E-state index < -0.39 is 5.75 Å². The van der Waals surface area contributed by atoms with Gasteiger partial charge in [-0.05, 0) is 19.9 Å². The van der Waals surface area contributed by atoms with E-state index in [1.807, 2.05) is 13.8 Å². The van der Waals surface area contributed by atoms with Crippen LogP contribution < -0.4 is 5.32 Å². The molecule has 0 aliphatic rings. The Balaban J connectivity index is 1.98. The van der Waals surface area contributed by atoms with E-state index in [0.29, 0.717) is 24.5 Å². The molecule has 0 atom stereocenters. The highest BCUT2D eigenvalue weighted by atomic mass is 16.4. The maximum absolute atomic E-state index is 9.63. The SMILES string of the molecule is Cc1nc(CNCc2ccc(O)c(O)c2O)oc1C. The first-order chi connectivity index (χ1) is 8.99. The molecule has 19 heavy (non-hydrogen) atoms. The Morgan fingerprint density at radius 3 is 2.47 bits per heavy atom. The van der Waals surface area contributed by atoms with E-state index in [2.05, 4.69) is 10.3 Å². The third-order valence-electron chi connectivity index (χ3n) is 2.88. The monoisotopic (exact) mass is 264 g/mol. The van der Waals surface area contributed by atoms with E-state index in [-0.39, 0.29) is 11.5 Å². The van der Waals surface area contributed by atoms with Crippen molar-refractivity contribution < 1.29 is 19.7 Å². The lowest BCUT2D eigenvalue weighted by Gasteiger charge is -2.07. The largest absolute Gasteiger partial charge is 0.504 e. The van der Waals surface area contributed by atoms with Crippen LogP contribution >= 0.6 is 0 Å². The summed E-state index contributed by atoms with van der Waals surface area (Å²) in [6.45, 7) is 4.44. The minimum atomic E-state index is -0.512. The minimum absolute atomic E-state index is 0.320. The van der Waals surface area contributed by atoms with Crippen LogP contribution in [0.1, 0.15) is 22.9 Å². The van der Waals surface area contributed by atoms with Crippen molar-refractivity contribution in [1.29, 1.82) is 0 Å². The van der Waals surface area contributed by atoms with Gasteiger partial charge in [-0.15, -0.1) is 0 Å². The number of phenols is 3. The van der Waals surface area contributed by atoms with Crippen LogP contribution in [-0.4, -0.2) is 20.3 Å². The standard InChI is InChI=1S/C13H16N2O4/c1-7-8(2)19-11(15-7)6-14-5-9-3-4-10(16)13(18)12(9)17/h3-4,14,16-18H,5-6H2,1-2H3. The number of phenolic OH excluding ortho intramolecular Hbond substituents is 3. The second kappa shape index (κ2) is 5.19. The van der Waals surface area contributed by atoms with Crippen LogP contribution in [0.4, 0.5) is 0 Å². The normalized spacial score (nSPS) is 10.8. The van der Waals surface area contributed by atoms with E-state index in [9.17, 15) is 15.3 Å². The van der Waals surface area contributed by atoms with Crippen molar-refractivity contribution in [2.45, 2.75) is 26.9 Å². The molecule has 0 fully saturated rings. The Morgan fingerprint density at radius 1 is 1.11 bits per heavy atom. The van der Waals surface area contributed by atoms with Gasteiger partial charge in [-0.1, -0.05) is 6.07 Å². The molecule has 4 N–H and O–H groups in total. The molecule has 2 aromatic rings. The van der Waals surface area contributed by atoms with E-state index in [4.69, 9.17) is 4.42 Å². The molecule has 0 unspecified atom stereocenters. The van der Waals surface area contributed by atoms with Crippen molar-refractivity contribution in [1.82, 2.24) is 10.3 Å². The van der Waals surface area contributed by atoms with Gasteiger partial charge in [-0.25, -0.2) is 4.98 Å². The lowest BCUT2D eigenvalue weighted by molar-refractivity contribution is 0.363. The Labute approximate surface area is 110 Å². The number of rotatable bonds is 4. The van der Waals surface area contributed by atoms with Gasteiger partial charge in [0.25, 0.3) is 0 Å². The number of benzene rings is 1. The van der Waals surface area contributed by atoms with Crippen molar-refractivity contribution in [3.8, 4) is 17.2 Å². The van der Waals surface area contributed by atoms with Gasteiger partial charge >= 0.3 is 0 Å². The first kappa shape index (κ1) is 13.2. The van der Waals surface area contributed by atoms with Gasteiger partial charge in [0.05, 0.1) is 12.2 Å². The number of hydrogen-bond donors (Lipinski definition) is 4. The molecule has 2 rings (SSSR count). The zero-order chi connectivity index (χ0) is 14.0. The molecule has 6 nitrogen and oxygen atoms in total. The number of hydrogen-bond acceptors (Lipinski definition) is 6. The summed E-state index contributed by atoms with van der Waals surface area (Å²) in [5.41, 5.74) is 1.33. The fourth-order valence-electron chi connectivity index (χ4n) is 1.67. The summed E-state index contributed by atoms with van der Waals surface area (Å²) in [5.74, 6) is 0.161. The highest BCUT2D eigenvalue weighted by Gasteiger charge is 2.11. The van der Waals surface area contributed by atoms with Gasteiger partial charge in [0.2, 0.25) is 11.6 Å². The molecule has 6 heteroatoms. The van der Waals surface area contributed by atoms with Crippen molar-refractivity contribution >= 4 is 0 Å². The smallest absolute Gasteiger partial charge is 0.208 e. The first-order valence-electron chi connectivity index (χ1n) is 5.85. The number of nitrogens with zero attached hydrogens (tertiary/aromatic N) is 1. The summed E-state index contributed by atoms with van der Waals surface area (Å²) in [4.78, 5) is 4.21. The molecule has 0 saturated carbocycles. The van der Waals surface area contributed by atoms with Gasteiger partial charge in [0.1, 0.15) is 5.76 Å². The summed E-state index contributed by atoms with van der Waals surface area (Å²) in [5, 5.41) is 31.3. The summed E-state index contributed by atoms with van der Waals surface area (Å²) in [6.07, 6.45) is 0. The van der Waals surface area contributed by atoms with Gasteiger partial charge in [-0.2, -0.15) is 0 Å². The van der Waals surface area contributed by atoms with Gasteiger partial charge in [0, 0.05) is 12.1 Å². The summed E-state index contributed by atoms with van der Waals surface area (Å²) < 4.78 is 5.40. The highest BCUT2D eigenvalue weighted by Crippen LogP contribution is 2.36. The number of oxazole rings is 1. The predicted octanol–water partition coefficient (Wildman–Crippen LogP) is 1.70. The summed E-state index contributed by atoms with van der Waals surface area (Å²) >= 11 is 0. The summed E-state index contributed by atoms with van der Waals surface area (Å²) in [6, 6.07) is 2.86. The van der Waals surface area contributed by atoms with Crippen LogP contribution in [0.2, 0.25) is 0 Å². The molecule has 0 spiro atoms. The molecule has 0 radical (unpaired) electrons. The van der Waals surface area contributed by atoms with Crippen molar-refractivity contribution in [3.05, 3.63) is 35.0 Å². The lowest BCUT2D eigenvalue weighted by Crippen LogP contribution is -2.13. The van der Waals surface area contributed by atoms with Crippen LogP contribution in [0.5, 0.6) is 17.2 Å². The van der Waals surface area contributed by atoms with E-state index in [1.165, 1.54) is 12.1 Å². The topological polar surface area (TPSA) is 98.8 Å². The van der Waals surface area contributed by atoms with Crippen LogP contribution in [0.15, 0.2) is 16.5 Å². The van der Waals surface area contributed by atoms with E-state index >= 15 is 0 Å². The van der Waals surface area contributed by atoms with Crippen molar-refractivity contribution in [2.24, 2.45) is 0 Å². The molecule has 1 aromatic heterocycles. The minimum Gasteiger partial charge on any atom is -0.504 e. The fourth-order valence-corrected chi connectivity index (χ4v) is 1.67. The molecule has 0 aliphatic carbocycles. The van der Waals surface area contributed by atoms with E-state index in [0.717, 1.165) is 11.5 Å². The summed E-state index contributed by atoms with van der Waals surface area (Å²) in [7, 11) is 0. The van der Waals surface area contributed by atoms with Crippen LogP contribution in [-0.2, 0) is 13.1 Å². The molecule has 0 aliphatic heterocycles. The van der Waals surface area contributed by atoms with Gasteiger partial charge in [0.15, 0.2) is 11.5 Å². The molecule has 0 amide bonds. The van der Waals surface area contributed by atoms with Crippen molar-refractivity contribution in [3.63, 3.8) is 0 Å². The lowest BCUT2D eigenvalue weighted by atomic mass is 10.1. The molecule has 0 saturated heterocycles. The van der Waals surface area contributed by atoms with Crippen LogP contribution in [0, 0.1) is 13.8 Å². The third kappa shape index (κ3) is 2.79. The van der Waals surface area contributed by atoms with Crippen LogP contribution in [0.3, 0.4) is 0 Å². The second-order valence-corrected chi connectivity index (χ2v) is 4.29. The quantitative estimate of drug-likeness (QED) is 0.627. The predicted molar refractivity (Wildman–Crippen MR) is 68.0 cm³/mol. The average Bonchev–Trinajstić information content (AvgIpc) is 2.69. The number of nitrogens with one attached hydrogen (secondary N) is 1. The molecule has 102 valence electrons. The third-order valence-corrected chi connectivity index (χ3v) is 2.88. The Bertz CT molecular complexity index is 573. The van der Waals surface area contributed by atoms with Gasteiger partial charge < -0.3 is 25.1 Å². The first-order valence-corrected chi connectivity index (χ1v) is 5.85. The molecule has 1 aromatic carbocycles. The zero-order valence-corrected chi connectivity index (χ0v) is 10.8. The van der Waals surface area contributed by atoms with Crippen LogP contribution in [0.25, 0.3) is 0 Å². The molecular formula is C13H16N2O4. The Hall–Kier alpha value is -2.21. The van der Waals surface area contributed by atoms with Gasteiger partial charge in [-0.3, -0.25) is 0 Å². The molecule has 0 bridgehead atoms. The number of aromatic hydroxyl groups is 3. The second-order valence-electron chi connectivity index (χ2n) is 4.29.